The molecule has 26 heavy (non-hydrogen) atoms. The molecule has 0 saturated carbocycles. The highest BCUT2D eigenvalue weighted by Gasteiger charge is 2.20. The van der Waals surface area contributed by atoms with Crippen LogP contribution in [-0.2, 0) is 16.1 Å². The Morgan fingerprint density at radius 2 is 1.96 bits per heavy atom. The number of amides is 1. The van der Waals surface area contributed by atoms with Gasteiger partial charge in [-0.2, -0.15) is 0 Å². The fraction of sp³-hybridized carbons (Fsp3) is 0.263. The first kappa shape index (κ1) is 17.6. The predicted molar refractivity (Wildman–Crippen MR) is 92.1 cm³/mol. The molecule has 2 N–H and O–H groups in total. The van der Waals surface area contributed by atoms with Crippen molar-refractivity contribution in [1.82, 2.24) is 5.32 Å². The van der Waals surface area contributed by atoms with Crippen LogP contribution in [0.25, 0.3) is 0 Å². The SMILES string of the molecule is Cc1ccc(C(=O)O[C@H](C)C(=O)NCc2ccc3c(c2)OCO3)cc1O. The molecule has 1 atom stereocenters. The monoisotopic (exact) mass is 357 g/mol. The summed E-state index contributed by atoms with van der Waals surface area (Å²) in [4.78, 5) is 24.2. The van der Waals surface area contributed by atoms with Crippen LogP contribution in [0.3, 0.4) is 0 Å². The summed E-state index contributed by atoms with van der Waals surface area (Å²) in [6, 6.07) is 9.84. The number of carbonyl (C=O) groups is 2. The Morgan fingerprint density at radius 1 is 1.19 bits per heavy atom. The van der Waals surface area contributed by atoms with E-state index in [-0.39, 0.29) is 24.7 Å². The van der Waals surface area contributed by atoms with E-state index in [1.54, 1.807) is 25.1 Å². The van der Waals surface area contributed by atoms with Crippen LogP contribution in [0, 0.1) is 6.92 Å². The molecule has 0 bridgehead atoms. The molecule has 0 fully saturated rings. The number of esters is 1. The molecule has 3 rings (SSSR count). The summed E-state index contributed by atoms with van der Waals surface area (Å²) < 4.78 is 15.7. The maximum atomic E-state index is 12.1. The molecule has 1 heterocycles. The van der Waals surface area contributed by atoms with E-state index in [0.29, 0.717) is 17.1 Å². The van der Waals surface area contributed by atoms with Crippen molar-refractivity contribution in [1.29, 1.82) is 0 Å². The van der Waals surface area contributed by atoms with Gasteiger partial charge in [-0.05, 0) is 49.2 Å². The molecule has 0 spiro atoms. The maximum absolute atomic E-state index is 12.1. The number of aromatic hydroxyl groups is 1. The third-order valence-corrected chi connectivity index (χ3v) is 4.00. The molecule has 0 aliphatic carbocycles. The normalized spacial score (nSPS) is 13.2. The number of hydrogen-bond acceptors (Lipinski definition) is 6. The van der Waals surface area contributed by atoms with Gasteiger partial charge in [0.1, 0.15) is 5.75 Å². The lowest BCUT2D eigenvalue weighted by molar-refractivity contribution is -0.129. The number of benzene rings is 2. The quantitative estimate of drug-likeness (QED) is 0.798. The van der Waals surface area contributed by atoms with Gasteiger partial charge < -0.3 is 24.6 Å². The Labute approximate surface area is 150 Å². The molecule has 0 aromatic heterocycles. The summed E-state index contributed by atoms with van der Waals surface area (Å²) in [7, 11) is 0. The highest BCUT2D eigenvalue weighted by molar-refractivity contribution is 5.92. The Balaban J connectivity index is 1.54. The second kappa shape index (κ2) is 7.35. The number of carbonyl (C=O) groups excluding carboxylic acids is 2. The Morgan fingerprint density at radius 3 is 2.73 bits per heavy atom. The molecule has 136 valence electrons. The van der Waals surface area contributed by atoms with Crippen LogP contribution in [-0.4, -0.2) is 29.9 Å². The van der Waals surface area contributed by atoms with Crippen molar-refractivity contribution < 1.29 is 28.9 Å². The first-order valence-electron chi connectivity index (χ1n) is 8.11. The van der Waals surface area contributed by atoms with Crippen LogP contribution < -0.4 is 14.8 Å². The van der Waals surface area contributed by atoms with Crippen molar-refractivity contribution in [3.8, 4) is 17.2 Å². The van der Waals surface area contributed by atoms with E-state index in [2.05, 4.69) is 5.32 Å². The van der Waals surface area contributed by atoms with E-state index in [4.69, 9.17) is 14.2 Å². The van der Waals surface area contributed by atoms with Gasteiger partial charge >= 0.3 is 5.97 Å². The summed E-state index contributed by atoms with van der Waals surface area (Å²) in [5.41, 5.74) is 1.67. The fourth-order valence-corrected chi connectivity index (χ4v) is 2.40. The van der Waals surface area contributed by atoms with Crippen LogP contribution in [0.4, 0.5) is 0 Å². The number of ether oxygens (including phenoxy) is 3. The largest absolute Gasteiger partial charge is 0.508 e. The highest BCUT2D eigenvalue weighted by Crippen LogP contribution is 2.32. The summed E-state index contributed by atoms with van der Waals surface area (Å²) in [6.45, 7) is 3.66. The average molecular weight is 357 g/mol. The van der Waals surface area contributed by atoms with Gasteiger partial charge in [-0.15, -0.1) is 0 Å². The molecule has 2 aromatic carbocycles. The number of rotatable bonds is 5. The van der Waals surface area contributed by atoms with Crippen molar-refractivity contribution in [2.45, 2.75) is 26.5 Å². The van der Waals surface area contributed by atoms with Crippen LogP contribution >= 0.6 is 0 Å². The van der Waals surface area contributed by atoms with E-state index in [9.17, 15) is 14.7 Å². The minimum Gasteiger partial charge on any atom is -0.508 e. The topological polar surface area (TPSA) is 94.1 Å². The fourth-order valence-electron chi connectivity index (χ4n) is 2.40. The number of fused-ring (bicyclic) bond motifs is 1. The Kier molecular flexibility index (Phi) is 4.97. The molecular formula is C19H19NO6. The first-order chi connectivity index (χ1) is 12.4. The zero-order valence-electron chi connectivity index (χ0n) is 14.4. The number of phenols is 1. The van der Waals surface area contributed by atoms with E-state index in [0.717, 1.165) is 5.56 Å². The van der Waals surface area contributed by atoms with Crippen molar-refractivity contribution in [3.63, 3.8) is 0 Å². The molecule has 0 radical (unpaired) electrons. The predicted octanol–water partition coefficient (Wildman–Crippen LogP) is 2.29. The van der Waals surface area contributed by atoms with E-state index >= 15 is 0 Å². The molecule has 0 saturated heterocycles. The molecule has 0 unspecified atom stereocenters. The minimum atomic E-state index is -0.972. The van der Waals surface area contributed by atoms with Gasteiger partial charge in [0.05, 0.1) is 5.56 Å². The smallest absolute Gasteiger partial charge is 0.339 e. The Hall–Kier alpha value is -3.22. The maximum Gasteiger partial charge on any atom is 0.339 e. The van der Waals surface area contributed by atoms with E-state index < -0.39 is 18.0 Å². The van der Waals surface area contributed by atoms with Crippen LogP contribution in [0.2, 0.25) is 0 Å². The first-order valence-corrected chi connectivity index (χ1v) is 8.11. The van der Waals surface area contributed by atoms with Crippen LogP contribution in [0.1, 0.15) is 28.4 Å². The molecule has 1 aliphatic heterocycles. The van der Waals surface area contributed by atoms with Crippen molar-refractivity contribution in [2.24, 2.45) is 0 Å². The van der Waals surface area contributed by atoms with E-state index in [1.165, 1.54) is 19.1 Å². The molecule has 1 aliphatic rings. The molecule has 7 heteroatoms. The summed E-state index contributed by atoms with van der Waals surface area (Å²) >= 11 is 0. The highest BCUT2D eigenvalue weighted by atomic mass is 16.7. The van der Waals surface area contributed by atoms with E-state index in [1.807, 2.05) is 6.07 Å². The van der Waals surface area contributed by atoms with Gasteiger partial charge in [0, 0.05) is 6.54 Å². The standard InChI is InChI=1S/C19H19NO6/c1-11-3-5-14(8-15(11)21)19(23)26-12(2)18(22)20-9-13-4-6-16-17(7-13)25-10-24-16/h3-8,12,21H,9-10H2,1-2H3,(H,20,22)/t12-/m1/s1. The van der Waals surface area contributed by atoms with Crippen LogP contribution in [0.15, 0.2) is 36.4 Å². The third kappa shape index (κ3) is 3.88. The number of aryl methyl sites for hydroxylation is 1. The zero-order chi connectivity index (χ0) is 18.7. The van der Waals surface area contributed by atoms with Gasteiger partial charge in [-0.25, -0.2) is 4.79 Å². The number of nitrogens with one attached hydrogen (secondary N) is 1. The molecule has 7 nitrogen and oxygen atoms in total. The second-order valence-electron chi connectivity index (χ2n) is 5.95. The molecular weight excluding hydrogens is 338 g/mol. The van der Waals surface area contributed by atoms with Crippen LogP contribution in [0.5, 0.6) is 17.2 Å². The Bertz CT molecular complexity index is 848. The molecule has 2 aromatic rings. The van der Waals surface area contributed by atoms with Gasteiger partial charge in [0.25, 0.3) is 5.91 Å². The second-order valence-corrected chi connectivity index (χ2v) is 5.95. The lowest BCUT2D eigenvalue weighted by Gasteiger charge is -2.14. The number of phenolic OH excluding ortho intramolecular Hbond substituents is 1. The zero-order valence-corrected chi connectivity index (χ0v) is 14.4. The lowest BCUT2D eigenvalue weighted by Crippen LogP contribution is -2.35. The van der Waals surface area contributed by atoms with Gasteiger partial charge in [-0.1, -0.05) is 12.1 Å². The van der Waals surface area contributed by atoms with Gasteiger partial charge in [0.2, 0.25) is 6.79 Å². The minimum absolute atomic E-state index is 0.000590. The van der Waals surface area contributed by atoms with Crippen molar-refractivity contribution in [3.05, 3.63) is 53.1 Å². The summed E-state index contributed by atoms with van der Waals surface area (Å²) in [5, 5.41) is 12.4. The third-order valence-electron chi connectivity index (χ3n) is 4.00. The summed E-state index contributed by atoms with van der Waals surface area (Å²) in [5.74, 6) is 0.205. The van der Waals surface area contributed by atoms with Gasteiger partial charge in [0.15, 0.2) is 17.6 Å². The molecule has 1 amide bonds. The average Bonchev–Trinajstić information content (AvgIpc) is 3.09. The summed E-state index contributed by atoms with van der Waals surface area (Å²) in [6.07, 6.45) is -0.972. The van der Waals surface area contributed by atoms with Crippen molar-refractivity contribution >= 4 is 11.9 Å². The number of hydrogen-bond donors (Lipinski definition) is 2. The van der Waals surface area contributed by atoms with Crippen molar-refractivity contribution in [2.75, 3.05) is 6.79 Å². The lowest BCUT2D eigenvalue weighted by atomic mass is 10.1. The van der Waals surface area contributed by atoms with Gasteiger partial charge in [-0.3, -0.25) is 4.79 Å².